The maximum Gasteiger partial charge on any atom is 0.224 e. The van der Waals surface area contributed by atoms with Crippen molar-refractivity contribution in [2.24, 2.45) is 0 Å². The topological polar surface area (TPSA) is 23.6 Å². The highest BCUT2D eigenvalue weighted by Crippen LogP contribution is 2.19. The van der Waals surface area contributed by atoms with Gasteiger partial charge in [-0.15, -0.1) is 11.3 Å². The van der Waals surface area contributed by atoms with E-state index < -0.39 is 0 Å². The van der Waals surface area contributed by atoms with Crippen LogP contribution in [0.5, 0.6) is 0 Å². The predicted octanol–water partition coefficient (Wildman–Crippen LogP) is 3.60. The number of carbonyl (C=O) groups is 1. The van der Waals surface area contributed by atoms with Crippen LogP contribution in [0, 0.1) is 13.8 Å². The van der Waals surface area contributed by atoms with Gasteiger partial charge < -0.3 is 4.90 Å². The third kappa shape index (κ3) is 4.21. The molecule has 0 N–H and O–H groups in total. The molecule has 2 heterocycles. The van der Waals surface area contributed by atoms with E-state index in [1.54, 1.807) is 0 Å². The number of thiophene rings is 1. The molecule has 0 radical (unpaired) electrons. The van der Waals surface area contributed by atoms with Gasteiger partial charge in [-0.2, -0.15) is 0 Å². The van der Waals surface area contributed by atoms with Gasteiger partial charge in [0, 0.05) is 48.9 Å². The molecule has 1 aromatic carbocycles. The van der Waals surface area contributed by atoms with Crippen molar-refractivity contribution >= 4 is 17.2 Å². The van der Waals surface area contributed by atoms with Crippen LogP contribution >= 0.6 is 11.3 Å². The second-order valence-corrected chi connectivity index (χ2v) is 7.65. The summed E-state index contributed by atoms with van der Waals surface area (Å²) in [6.45, 7) is 8.58. The number of nitrogens with zero attached hydrogens (tertiary/aromatic N) is 2. The lowest BCUT2D eigenvalue weighted by atomic mass is 10.1. The summed E-state index contributed by atoms with van der Waals surface area (Å²) in [5.41, 5.74) is 2.51. The van der Waals surface area contributed by atoms with Crippen molar-refractivity contribution in [3.8, 4) is 0 Å². The average molecular weight is 328 g/mol. The Bertz CT molecular complexity index is 680. The number of benzene rings is 1. The summed E-state index contributed by atoms with van der Waals surface area (Å²) in [7, 11) is 0. The highest BCUT2D eigenvalue weighted by molar-refractivity contribution is 7.11. The molecule has 0 atom stereocenters. The van der Waals surface area contributed by atoms with Crippen LogP contribution in [0.3, 0.4) is 0 Å². The van der Waals surface area contributed by atoms with Gasteiger partial charge in [0.1, 0.15) is 0 Å². The van der Waals surface area contributed by atoms with Crippen LogP contribution in [0.15, 0.2) is 36.4 Å². The third-order valence-corrected chi connectivity index (χ3v) is 5.46. The molecule has 0 bridgehead atoms. The molecule has 23 heavy (non-hydrogen) atoms. The van der Waals surface area contributed by atoms with E-state index in [2.05, 4.69) is 49.1 Å². The van der Waals surface area contributed by atoms with E-state index in [0.29, 0.717) is 6.42 Å². The van der Waals surface area contributed by atoms with Crippen LogP contribution < -0.4 is 0 Å². The predicted molar refractivity (Wildman–Crippen MR) is 95.5 cm³/mol. The highest BCUT2D eigenvalue weighted by Gasteiger charge is 2.21. The minimum Gasteiger partial charge on any atom is -0.337 e. The van der Waals surface area contributed by atoms with Crippen molar-refractivity contribution in [2.45, 2.75) is 33.4 Å². The van der Waals surface area contributed by atoms with E-state index >= 15 is 0 Å². The molecule has 1 aliphatic rings. The minimum absolute atomic E-state index is 0.276. The molecule has 1 saturated heterocycles. The van der Waals surface area contributed by atoms with Crippen molar-refractivity contribution < 1.29 is 4.79 Å². The summed E-state index contributed by atoms with van der Waals surface area (Å²) in [6, 6.07) is 12.7. The fraction of sp³-hybridized carbons (Fsp3) is 0.421. The molecule has 1 aliphatic heterocycles. The first-order valence-electron chi connectivity index (χ1n) is 8.22. The zero-order chi connectivity index (χ0) is 16.2. The maximum atomic E-state index is 12.4. The fourth-order valence-corrected chi connectivity index (χ4v) is 3.95. The van der Waals surface area contributed by atoms with Gasteiger partial charge in [-0.05, 0) is 37.1 Å². The van der Waals surface area contributed by atoms with Crippen LogP contribution in [0.25, 0.3) is 0 Å². The Hall–Kier alpha value is -1.65. The lowest BCUT2D eigenvalue weighted by Crippen LogP contribution is -2.32. The van der Waals surface area contributed by atoms with Crippen LogP contribution in [0.4, 0.5) is 0 Å². The standard InChI is InChI=1S/C19H24N2OS/c1-15-5-3-4-6-17(15)13-21-12-11-20(10-9-19(21)22)14-18-8-7-16(2)23-18/h3-8H,9-14H2,1-2H3. The first-order valence-corrected chi connectivity index (χ1v) is 9.03. The van der Waals surface area contributed by atoms with Gasteiger partial charge in [0.2, 0.25) is 5.91 Å². The van der Waals surface area contributed by atoms with Gasteiger partial charge in [0.05, 0.1) is 0 Å². The van der Waals surface area contributed by atoms with Crippen molar-refractivity contribution in [2.75, 3.05) is 19.6 Å². The summed E-state index contributed by atoms with van der Waals surface area (Å²) < 4.78 is 0. The van der Waals surface area contributed by atoms with Crippen molar-refractivity contribution in [1.29, 1.82) is 0 Å². The molecule has 3 rings (SSSR count). The van der Waals surface area contributed by atoms with E-state index in [-0.39, 0.29) is 5.91 Å². The number of aryl methyl sites for hydroxylation is 2. The smallest absolute Gasteiger partial charge is 0.224 e. The van der Waals surface area contributed by atoms with Crippen LogP contribution in [-0.2, 0) is 17.9 Å². The summed E-state index contributed by atoms with van der Waals surface area (Å²) in [5.74, 6) is 0.276. The van der Waals surface area contributed by atoms with E-state index in [4.69, 9.17) is 0 Å². The molecule has 0 spiro atoms. The molecular formula is C19H24N2OS. The number of hydrogen-bond acceptors (Lipinski definition) is 3. The molecule has 0 saturated carbocycles. The minimum atomic E-state index is 0.276. The normalized spacial score (nSPS) is 16.6. The molecule has 1 aromatic heterocycles. The zero-order valence-electron chi connectivity index (χ0n) is 13.9. The molecule has 1 amide bonds. The molecule has 0 unspecified atom stereocenters. The van der Waals surface area contributed by atoms with Gasteiger partial charge >= 0.3 is 0 Å². The van der Waals surface area contributed by atoms with Gasteiger partial charge in [0.25, 0.3) is 0 Å². The Morgan fingerprint density at radius 1 is 1.00 bits per heavy atom. The van der Waals surface area contributed by atoms with E-state index in [1.807, 2.05) is 22.3 Å². The molecule has 3 nitrogen and oxygen atoms in total. The second-order valence-electron chi connectivity index (χ2n) is 6.28. The number of amides is 1. The Kier molecular flexibility index (Phi) is 5.13. The SMILES string of the molecule is Cc1ccc(CN2CCC(=O)N(Cc3ccccc3C)CC2)s1. The van der Waals surface area contributed by atoms with Crippen LogP contribution in [0.1, 0.15) is 27.3 Å². The number of carbonyl (C=O) groups excluding carboxylic acids is 1. The monoisotopic (exact) mass is 328 g/mol. The van der Waals surface area contributed by atoms with Crippen molar-refractivity contribution in [3.05, 3.63) is 57.3 Å². The van der Waals surface area contributed by atoms with Crippen LogP contribution in [0.2, 0.25) is 0 Å². The second kappa shape index (κ2) is 7.28. The quantitative estimate of drug-likeness (QED) is 0.856. The maximum absolute atomic E-state index is 12.4. The van der Waals surface area contributed by atoms with Gasteiger partial charge in [-0.3, -0.25) is 9.69 Å². The fourth-order valence-electron chi connectivity index (χ4n) is 3.02. The van der Waals surface area contributed by atoms with Gasteiger partial charge in [-0.25, -0.2) is 0 Å². The Morgan fingerprint density at radius 3 is 2.57 bits per heavy atom. The largest absolute Gasteiger partial charge is 0.337 e. The van der Waals surface area contributed by atoms with Gasteiger partial charge in [0.15, 0.2) is 0 Å². The Morgan fingerprint density at radius 2 is 1.83 bits per heavy atom. The molecule has 0 aliphatic carbocycles. The first-order chi connectivity index (χ1) is 11.1. The summed E-state index contributed by atoms with van der Waals surface area (Å²) in [5, 5.41) is 0. The van der Waals surface area contributed by atoms with E-state index in [9.17, 15) is 4.79 Å². The number of rotatable bonds is 4. The zero-order valence-corrected chi connectivity index (χ0v) is 14.7. The first kappa shape index (κ1) is 16.2. The van der Waals surface area contributed by atoms with E-state index in [0.717, 1.165) is 32.7 Å². The number of hydrogen-bond donors (Lipinski definition) is 0. The third-order valence-electron chi connectivity index (χ3n) is 4.48. The van der Waals surface area contributed by atoms with Crippen molar-refractivity contribution in [3.63, 3.8) is 0 Å². The molecule has 4 heteroatoms. The molecule has 1 fully saturated rings. The lowest BCUT2D eigenvalue weighted by molar-refractivity contribution is -0.130. The molecule has 122 valence electrons. The Balaban J connectivity index is 1.62. The van der Waals surface area contributed by atoms with Crippen molar-refractivity contribution in [1.82, 2.24) is 9.80 Å². The van der Waals surface area contributed by atoms with E-state index in [1.165, 1.54) is 20.9 Å². The summed E-state index contributed by atoms with van der Waals surface area (Å²) >= 11 is 1.85. The average Bonchev–Trinajstić information content (AvgIpc) is 2.86. The molecular weight excluding hydrogens is 304 g/mol. The summed E-state index contributed by atoms with van der Waals surface area (Å²) in [4.78, 5) is 19.6. The lowest BCUT2D eigenvalue weighted by Gasteiger charge is -2.22. The Labute approximate surface area is 142 Å². The summed E-state index contributed by atoms with van der Waals surface area (Å²) in [6.07, 6.45) is 0.621. The van der Waals surface area contributed by atoms with Gasteiger partial charge in [-0.1, -0.05) is 24.3 Å². The highest BCUT2D eigenvalue weighted by atomic mass is 32.1. The molecule has 2 aromatic rings. The van der Waals surface area contributed by atoms with Crippen LogP contribution in [-0.4, -0.2) is 35.3 Å².